The maximum absolute atomic E-state index is 14.4. The summed E-state index contributed by atoms with van der Waals surface area (Å²) in [5.41, 5.74) is -7.94. The number of hydrogen-bond acceptors (Lipinski definition) is 3. The summed E-state index contributed by atoms with van der Waals surface area (Å²) in [7, 11) is 0. The van der Waals surface area contributed by atoms with Gasteiger partial charge >= 0.3 is 24.6 Å². The van der Waals surface area contributed by atoms with E-state index < -0.39 is 65.3 Å². The molecule has 2 aromatic rings. The molecule has 1 N–H and O–H groups in total. The van der Waals surface area contributed by atoms with Crippen LogP contribution in [-0.2, 0) is 29.0 Å². The zero-order valence-electron chi connectivity index (χ0n) is 20.8. The second-order valence-corrected chi connectivity index (χ2v) is 10.6. The van der Waals surface area contributed by atoms with Gasteiger partial charge in [0.15, 0.2) is 0 Å². The molecule has 0 radical (unpaired) electrons. The van der Waals surface area contributed by atoms with Gasteiger partial charge in [0.1, 0.15) is 11.0 Å². The molecule has 1 aliphatic rings. The first-order valence-corrected chi connectivity index (χ1v) is 11.9. The van der Waals surface area contributed by atoms with Gasteiger partial charge in [0, 0.05) is 30.3 Å². The lowest BCUT2D eigenvalue weighted by molar-refractivity contribution is -0.185. The number of nitrogens with zero attached hydrogens (tertiary/aromatic N) is 1. The van der Waals surface area contributed by atoms with Gasteiger partial charge in [-0.25, -0.2) is 4.79 Å². The molecule has 0 aliphatic carbocycles. The summed E-state index contributed by atoms with van der Waals surface area (Å²) in [5, 5.41) is 2.56. The van der Waals surface area contributed by atoms with Crippen molar-refractivity contribution in [2.75, 3.05) is 18.0 Å². The zero-order chi connectivity index (χ0) is 29.6. The third-order valence-corrected chi connectivity index (χ3v) is 6.53. The van der Waals surface area contributed by atoms with Crippen LogP contribution in [0.3, 0.4) is 0 Å². The molecule has 14 heteroatoms. The number of amides is 1. The topological polar surface area (TPSA) is 41.6 Å². The normalized spacial score (nSPS) is 18.8. The molecule has 1 aliphatic heterocycles. The molecule has 0 aromatic heterocycles. The number of anilines is 1. The lowest BCUT2D eigenvalue weighted by Crippen LogP contribution is -2.45. The number of nitrogens with one attached hydrogen (secondary N) is 1. The predicted octanol–water partition coefficient (Wildman–Crippen LogP) is 8.11. The fourth-order valence-corrected chi connectivity index (χ4v) is 4.49. The lowest BCUT2D eigenvalue weighted by atomic mass is 9.77. The molecule has 1 unspecified atom stereocenters. The average molecular weight is 591 g/mol. The molecule has 1 saturated heterocycles. The predicted molar refractivity (Wildman–Crippen MR) is 126 cm³/mol. The van der Waals surface area contributed by atoms with Crippen LogP contribution < -0.4 is 10.2 Å². The number of halogens is 10. The Hall–Kier alpha value is -2.83. The van der Waals surface area contributed by atoms with Crippen LogP contribution in [0.4, 0.5) is 50.0 Å². The molecule has 3 rings (SSSR count). The molecule has 1 fully saturated rings. The standard InChI is InChI=1S/C25H24ClF9N2O2/c1-21(2,3)39-20(38)36-12-14-4-5-18(11-19(14)26)37-7-6-22(13-37,25(33,34)35)15-8-16(23(27,28)29)10-17(9-15)24(30,31)32/h4-5,8-11H,6-7,12-13H2,1-3H3,(H,36,38). The number of ether oxygens (including phenoxy) is 1. The minimum Gasteiger partial charge on any atom is -0.444 e. The van der Waals surface area contributed by atoms with Gasteiger partial charge in [0.05, 0.1) is 11.1 Å². The first kappa shape index (κ1) is 30.7. The summed E-state index contributed by atoms with van der Waals surface area (Å²) < 4.78 is 128. The maximum atomic E-state index is 14.4. The Labute approximate surface area is 223 Å². The zero-order valence-corrected chi connectivity index (χ0v) is 21.6. The van der Waals surface area contributed by atoms with Crippen LogP contribution in [-0.4, -0.2) is 31.0 Å². The van der Waals surface area contributed by atoms with E-state index in [2.05, 4.69) is 5.32 Å². The van der Waals surface area contributed by atoms with Gasteiger partial charge in [0.25, 0.3) is 0 Å². The number of hydrogen-bond donors (Lipinski definition) is 1. The van der Waals surface area contributed by atoms with Crippen molar-refractivity contribution in [2.24, 2.45) is 0 Å². The molecule has 0 saturated carbocycles. The third-order valence-electron chi connectivity index (χ3n) is 6.18. The van der Waals surface area contributed by atoms with Crippen LogP contribution in [0, 0.1) is 0 Å². The van der Waals surface area contributed by atoms with E-state index in [4.69, 9.17) is 16.3 Å². The van der Waals surface area contributed by atoms with Crippen molar-refractivity contribution in [2.45, 2.75) is 63.3 Å². The summed E-state index contributed by atoms with van der Waals surface area (Å²) in [4.78, 5) is 13.1. The van der Waals surface area contributed by atoms with Gasteiger partial charge < -0.3 is 15.0 Å². The highest BCUT2D eigenvalue weighted by atomic mass is 35.5. The van der Waals surface area contributed by atoms with Crippen LogP contribution in [0.2, 0.25) is 5.02 Å². The van der Waals surface area contributed by atoms with Gasteiger partial charge in [-0.1, -0.05) is 17.7 Å². The van der Waals surface area contributed by atoms with E-state index in [1.165, 1.54) is 23.1 Å². The molecule has 2 aromatic carbocycles. The Kier molecular flexibility index (Phi) is 8.10. The lowest BCUT2D eigenvalue weighted by Gasteiger charge is -2.33. The van der Waals surface area contributed by atoms with Crippen LogP contribution in [0.25, 0.3) is 0 Å². The smallest absolute Gasteiger partial charge is 0.416 e. The molecule has 1 heterocycles. The first-order chi connectivity index (χ1) is 17.6. The van der Waals surface area contributed by atoms with Crippen molar-refractivity contribution >= 4 is 23.4 Å². The summed E-state index contributed by atoms with van der Waals surface area (Å²) in [5.74, 6) is 0. The molecule has 216 valence electrons. The van der Waals surface area contributed by atoms with Crippen molar-refractivity contribution in [3.05, 3.63) is 63.7 Å². The minimum absolute atomic E-state index is 0.0645. The summed E-state index contributed by atoms with van der Waals surface area (Å²) in [6.45, 7) is 3.67. The van der Waals surface area contributed by atoms with E-state index in [0.29, 0.717) is 5.56 Å². The SMILES string of the molecule is CC(C)(C)OC(=O)NCc1ccc(N2CCC(c3cc(C(F)(F)F)cc(C(F)(F)F)c3)(C(F)(F)F)C2)cc1Cl. The van der Waals surface area contributed by atoms with Crippen molar-refractivity contribution in [1.82, 2.24) is 5.32 Å². The number of carbonyl (C=O) groups excluding carboxylic acids is 1. The summed E-state index contributed by atoms with van der Waals surface area (Å²) in [6, 6.07) is 4.21. The third kappa shape index (κ3) is 7.03. The van der Waals surface area contributed by atoms with Gasteiger partial charge in [-0.3, -0.25) is 0 Å². The van der Waals surface area contributed by atoms with E-state index in [0.717, 1.165) is 0 Å². The monoisotopic (exact) mass is 590 g/mol. The van der Waals surface area contributed by atoms with Crippen molar-refractivity contribution < 1.29 is 49.0 Å². The summed E-state index contributed by atoms with van der Waals surface area (Å²) in [6.07, 6.45) is -17.3. The molecule has 0 spiro atoms. The quantitative estimate of drug-likeness (QED) is 0.366. The Bertz CT molecular complexity index is 1190. The largest absolute Gasteiger partial charge is 0.444 e. The van der Waals surface area contributed by atoms with E-state index in [9.17, 15) is 44.3 Å². The number of benzene rings is 2. The van der Waals surface area contributed by atoms with Crippen LogP contribution in [0.1, 0.15) is 49.4 Å². The molecular weight excluding hydrogens is 567 g/mol. The molecule has 39 heavy (non-hydrogen) atoms. The second kappa shape index (κ2) is 10.3. The van der Waals surface area contributed by atoms with Crippen molar-refractivity contribution in [3.8, 4) is 0 Å². The Morgan fingerprint density at radius 3 is 1.97 bits per heavy atom. The molecule has 0 bridgehead atoms. The fourth-order valence-electron chi connectivity index (χ4n) is 4.25. The first-order valence-electron chi connectivity index (χ1n) is 11.5. The summed E-state index contributed by atoms with van der Waals surface area (Å²) >= 11 is 6.25. The van der Waals surface area contributed by atoms with Crippen LogP contribution >= 0.6 is 11.6 Å². The Balaban J connectivity index is 1.93. The highest BCUT2D eigenvalue weighted by Gasteiger charge is 2.60. The van der Waals surface area contributed by atoms with Gasteiger partial charge in [-0.05, 0) is 68.7 Å². The van der Waals surface area contributed by atoms with Crippen molar-refractivity contribution in [1.29, 1.82) is 0 Å². The highest BCUT2D eigenvalue weighted by molar-refractivity contribution is 6.31. The molecule has 1 amide bonds. The average Bonchev–Trinajstić information content (AvgIpc) is 3.22. The van der Waals surface area contributed by atoms with Crippen LogP contribution in [0.5, 0.6) is 0 Å². The minimum atomic E-state index is -5.29. The van der Waals surface area contributed by atoms with E-state index >= 15 is 0 Å². The van der Waals surface area contributed by atoms with Gasteiger partial charge in [0.2, 0.25) is 0 Å². The second-order valence-electron chi connectivity index (χ2n) is 10.2. The fraction of sp³-hybridized carbons (Fsp3) is 0.480. The number of alkyl carbamates (subject to hydrolysis) is 1. The van der Waals surface area contributed by atoms with Gasteiger partial charge in [-0.15, -0.1) is 0 Å². The van der Waals surface area contributed by atoms with Crippen molar-refractivity contribution in [3.63, 3.8) is 0 Å². The van der Waals surface area contributed by atoms with Crippen LogP contribution in [0.15, 0.2) is 36.4 Å². The highest BCUT2D eigenvalue weighted by Crippen LogP contribution is 2.50. The Morgan fingerprint density at radius 2 is 1.51 bits per heavy atom. The van der Waals surface area contributed by atoms with E-state index in [-0.39, 0.29) is 42.0 Å². The molecule has 4 nitrogen and oxygen atoms in total. The molecule has 1 atom stereocenters. The van der Waals surface area contributed by atoms with Gasteiger partial charge in [-0.2, -0.15) is 39.5 Å². The molecular formula is C25H24ClF9N2O2. The number of carbonyl (C=O) groups is 1. The number of alkyl halides is 9. The van der Waals surface area contributed by atoms with E-state index in [1.807, 2.05) is 0 Å². The van der Waals surface area contributed by atoms with E-state index in [1.54, 1.807) is 20.8 Å². The number of rotatable bonds is 4. The Morgan fingerprint density at radius 1 is 0.949 bits per heavy atom. The maximum Gasteiger partial charge on any atom is 0.416 e.